The maximum Gasteiger partial charge on any atom is 0.271 e. The number of thioether (sulfide) groups is 1. The summed E-state index contributed by atoms with van der Waals surface area (Å²) in [6.07, 6.45) is 3.60. The van der Waals surface area contributed by atoms with Crippen LogP contribution in [0.1, 0.15) is 35.6 Å². The fraction of sp³-hybridized carbons (Fsp3) is 0.273. The molecule has 0 bridgehead atoms. The van der Waals surface area contributed by atoms with Crippen LogP contribution in [0, 0.1) is 28.4 Å². The van der Waals surface area contributed by atoms with E-state index in [9.17, 15) is 20.2 Å². The molecular formula is C22H19ClN4O3S2. The Hall–Kier alpha value is -2.80. The first-order chi connectivity index (χ1) is 15.3. The number of hydrogen-bond donors (Lipinski definition) is 1. The summed E-state index contributed by atoms with van der Waals surface area (Å²) in [5.41, 5.74) is 9.27. The van der Waals surface area contributed by atoms with Crippen LogP contribution in [-0.2, 0) is 4.79 Å². The molecule has 0 unspecified atom stereocenters. The smallest absolute Gasteiger partial charge is 0.271 e. The van der Waals surface area contributed by atoms with Crippen LogP contribution < -0.4 is 10.6 Å². The molecule has 2 N–H and O–H groups in total. The lowest BCUT2D eigenvalue weighted by Crippen LogP contribution is -2.38. The summed E-state index contributed by atoms with van der Waals surface area (Å²) in [6.45, 7) is 2.00. The first-order valence-corrected chi connectivity index (χ1v) is 12.2. The molecule has 0 spiro atoms. The van der Waals surface area contributed by atoms with Crippen molar-refractivity contribution in [3.63, 3.8) is 0 Å². The quantitative estimate of drug-likeness (QED) is 0.337. The minimum Gasteiger partial charge on any atom is -0.384 e. The van der Waals surface area contributed by atoms with Gasteiger partial charge in [0.1, 0.15) is 5.82 Å². The van der Waals surface area contributed by atoms with Crippen molar-refractivity contribution < 1.29 is 9.72 Å². The molecule has 0 radical (unpaired) electrons. The number of carbonyl (C=O) groups excluding carboxylic acids is 1. The van der Waals surface area contributed by atoms with Crippen molar-refractivity contribution in [1.29, 1.82) is 5.26 Å². The van der Waals surface area contributed by atoms with E-state index in [0.717, 1.165) is 14.6 Å². The fourth-order valence-electron chi connectivity index (χ4n) is 4.34. The van der Waals surface area contributed by atoms with Crippen LogP contribution in [0.25, 0.3) is 0 Å². The highest BCUT2D eigenvalue weighted by Crippen LogP contribution is 2.50. The van der Waals surface area contributed by atoms with Gasteiger partial charge >= 0.3 is 0 Å². The molecule has 1 aliphatic carbocycles. The summed E-state index contributed by atoms with van der Waals surface area (Å²) in [4.78, 5) is 26.5. The summed E-state index contributed by atoms with van der Waals surface area (Å²) >= 11 is 9.62. The van der Waals surface area contributed by atoms with Gasteiger partial charge in [-0.3, -0.25) is 19.8 Å². The number of non-ortho nitro benzene ring substituents is 1. The zero-order valence-corrected chi connectivity index (χ0v) is 19.7. The third-order valence-corrected chi connectivity index (χ3v) is 8.16. The van der Waals surface area contributed by atoms with E-state index in [1.165, 1.54) is 18.2 Å². The van der Waals surface area contributed by atoms with Gasteiger partial charge in [0, 0.05) is 34.7 Å². The molecule has 32 heavy (non-hydrogen) atoms. The standard InChI is InChI=1S/C22H19ClN4O3S2/c1-11-8-13(22(31-2)32-11)19-14(10-24)21(25)26(17-4-3-5-18(28)20(17)19)16-7-6-12(27(29)30)9-15(16)23/h6-9,19H,3-5,25H2,1-2H3/t19-/m1/s1. The largest absolute Gasteiger partial charge is 0.384 e. The van der Waals surface area contributed by atoms with E-state index in [2.05, 4.69) is 6.07 Å². The zero-order valence-electron chi connectivity index (χ0n) is 17.3. The summed E-state index contributed by atoms with van der Waals surface area (Å²) in [7, 11) is 0. The lowest BCUT2D eigenvalue weighted by Gasteiger charge is -2.39. The lowest BCUT2D eigenvalue weighted by molar-refractivity contribution is -0.384. The van der Waals surface area contributed by atoms with Gasteiger partial charge in [0.15, 0.2) is 5.78 Å². The number of nitrogens with zero attached hydrogens (tertiary/aromatic N) is 3. The van der Waals surface area contributed by atoms with Gasteiger partial charge in [0.2, 0.25) is 0 Å². The van der Waals surface area contributed by atoms with Gasteiger partial charge in [0.05, 0.1) is 37.4 Å². The Bertz CT molecular complexity index is 1260. The highest BCUT2D eigenvalue weighted by Gasteiger charge is 2.42. The molecule has 2 heterocycles. The predicted octanol–water partition coefficient (Wildman–Crippen LogP) is 5.64. The van der Waals surface area contributed by atoms with Crippen LogP contribution in [0.4, 0.5) is 11.4 Å². The minimum absolute atomic E-state index is 0.0181. The number of thiophene rings is 1. The maximum atomic E-state index is 13.2. The highest BCUT2D eigenvalue weighted by molar-refractivity contribution is 8.00. The second-order valence-corrected chi connectivity index (χ2v) is 10.3. The van der Waals surface area contributed by atoms with Crippen LogP contribution >= 0.6 is 34.7 Å². The molecule has 0 amide bonds. The van der Waals surface area contributed by atoms with Gasteiger partial charge in [-0.1, -0.05) is 11.6 Å². The Balaban J connectivity index is 1.98. The Kier molecular flexibility index (Phi) is 6.03. The first kappa shape index (κ1) is 22.4. The number of anilines is 1. The van der Waals surface area contributed by atoms with E-state index in [4.69, 9.17) is 17.3 Å². The number of halogens is 1. The van der Waals surface area contributed by atoms with E-state index in [1.807, 2.05) is 19.2 Å². The van der Waals surface area contributed by atoms with E-state index in [1.54, 1.807) is 28.0 Å². The first-order valence-electron chi connectivity index (χ1n) is 9.82. The van der Waals surface area contributed by atoms with E-state index in [0.29, 0.717) is 36.2 Å². The molecule has 10 heteroatoms. The molecule has 2 aromatic rings. The molecular weight excluding hydrogens is 468 g/mol. The number of Topliss-reactive ketones (excluding diaryl/α,β-unsaturated/α-hetero) is 1. The number of benzene rings is 1. The summed E-state index contributed by atoms with van der Waals surface area (Å²) in [5, 5.41) is 21.4. The number of aryl methyl sites for hydroxylation is 1. The normalized spacial score (nSPS) is 18.6. The molecule has 0 fully saturated rings. The van der Waals surface area contributed by atoms with Crippen LogP contribution in [-0.4, -0.2) is 17.0 Å². The molecule has 0 saturated heterocycles. The monoisotopic (exact) mass is 486 g/mol. The number of nitrogens with two attached hydrogens (primary N) is 1. The highest BCUT2D eigenvalue weighted by atomic mass is 35.5. The van der Waals surface area contributed by atoms with Gasteiger partial charge in [-0.15, -0.1) is 23.1 Å². The van der Waals surface area contributed by atoms with E-state index < -0.39 is 10.8 Å². The van der Waals surface area contributed by atoms with Gasteiger partial charge in [-0.05, 0) is 43.7 Å². The molecule has 1 aromatic carbocycles. The predicted molar refractivity (Wildman–Crippen MR) is 127 cm³/mol. The molecule has 0 saturated carbocycles. The number of rotatable bonds is 4. The molecule has 2 aliphatic rings. The van der Waals surface area contributed by atoms with Crippen molar-refractivity contribution in [1.82, 2.24) is 0 Å². The van der Waals surface area contributed by atoms with Crippen LogP contribution in [0.15, 0.2) is 51.1 Å². The van der Waals surface area contributed by atoms with Crippen molar-refractivity contribution in [3.05, 3.63) is 72.5 Å². The third-order valence-electron chi connectivity index (χ3n) is 5.64. The second-order valence-electron chi connectivity index (χ2n) is 7.51. The topological polar surface area (TPSA) is 113 Å². The van der Waals surface area contributed by atoms with Gasteiger partial charge < -0.3 is 5.73 Å². The molecule has 7 nitrogen and oxygen atoms in total. The average molecular weight is 487 g/mol. The second kappa shape index (κ2) is 8.62. The van der Waals surface area contributed by atoms with Crippen molar-refractivity contribution in [3.8, 4) is 6.07 Å². The molecule has 4 rings (SSSR count). The Labute approximate surface area is 198 Å². The third kappa shape index (κ3) is 3.58. The number of ketones is 1. The van der Waals surface area contributed by atoms with Crippen molar-refractivity contribution in [2.24, 2.45) is 5.73 Å². The molecule has 164 valence electrons. The van der Waals surface area contributed by atoms with Crippen LogP contribution in [0.5, 0.6) is 0 Å². The van der Waals surface area contributed by atoms with Crippen molar-refractivity contribution in [2.45, 2.75) is 36.3 Å². The Morgan fingerprint density at radius 3 is 2.75 bits per heavy atom. The number of nitro groups is 1. The van der Waals surface area contributed by atoms with E-state index >= 15 is 0 Å². The van der Waals surface area contributed by atoms with Gasteiger partial charge in [-0.2, -0.15) is 5.26 Å². The summed E-state index contributed by atoms with van der Waals surface area (Å²) in [5.74, 6) is -0.365. The number of hydrogen-bond acceptors (Lipinski definition) is 8. The Morgan fingerprint density at radius 1 is 1.38 bits per heavy atom. The number of carbonyl (C=O) groups is 1. The fourth-order valence-corrected chi connectivity index (χ4v) is 6.51. The average Bonchev–Trinajstić information content (AvgIpc) is 3.14. The van der Waals surface area contributed by atoms with Crippen molar-refractivity contribution >= 4 is 51.9 Å². The molecule has 1 aliphatic heterocycles. The SMILES string of the molecule is CSc1sc(C)cc1[C@@H]1C(C#N)=C(N)N(c2ccc([N+](=O)[O-])cc2Cl)C2=C1C(=O)CCC2. The molecule has 1 aromatic heterocycles. The minimum atomic E-state index is -0.539. The zero-order chi connectivity index (χ0) is 23.2. The molecule has 1 atom stereocenters. The van der Waals surface area contributed by atoms with Crippen LogP contribution in [0.2, 0.25) is 5.02 Å². The maximum absolute atomic E-state index is 13.2. The van der Waals surface area contributed by atoms with Crippen LogP contribution in [0.3, 0.4) is 0 Å². The summed E-state index contributed by atoms with van der Waals surface area (Å²) in [6, 6.07) is 8.35. The van der Waals surface area contributed by atoms with Crippen molar-refractivity contribution in [2.75, 3.05) is 11.2 Å². The van der Waals surface area contributed by atoms with E-state index in [-0.39, 0.29) is 27.9 Å². The Morgan fingerprint density at radius 2 is 2.12 bits per heavy atom. The number of nitro benzene ring substituents is 1. The van der Waals surface area contributed by atoms with Gasteiger partial charge in [-0.25, -0.2) is 0 Å². The number of allylic oxidation sites excluding steroid dienone is 3. The van der Waals surface area contributed by atoms with Gasteiger partial charge in [0.25, 0.3) is 5.69 Å². The summed E-state index contributed by atoms with van der Waals surface area (Å²) < 4.78 is 1.04. The number of nitriles is 1. The lowest BCUT2D eigenvalue weighted by atomic mass is 9.76.